The fourth-order valence-electron chi connectivity index (χ4n) is 2.88. The normalized spacial score (nSPS) is 25.1. The molecule has 0 bridgehead atoms. The van der Waals surface area contributed by atoms with Crippen LogP contribution >= 0.6 is 11.8 Å². The minimum absolute atomic E-state index is 0.0310. The number of aliphatic hydroxyl groups is 1. The van der Waals surface area contributed by atoms with Crippen molar-refractivity contribution in [3.63, 3.8) is 0 Å². The lowest BCUT2D eigenvalue weighted by Gasteiger charge is -2.34. The molecule has 2 nitrogen and oxygen atoms in total. The van der Waals surface area contributed by atoms with Crippen LogP contribution in [0.15, 0.2) is 0 Å². The molecule has 2 saturated carbocycles. The molecule has 2 aliphatic rings. The second kappa shape index (κ2) is 6.44. The van der Waals surface area contributed by atoms with E-state index in [0.717, 1.165) is 29.9 Å². The molecule has 0 spiro atoms. The van der Waals surface area contributed by atoms with Gasteiger partial charge in [-0.05, 0) is 44.6 Å². The van der Waals surface area contributed by atoms with Crippen LogP contribution in [0, 0.1) is 5.92 Å². The van der Waals surface area contributed by atoms with Crippen LogP contribution in [0.3, 0.4) is 0 Å². The zero-order valence-corrected chi connectivity index (χ0v) is 11.9. The van der Waals surface area contributed by atoms with Gasteiger partial charge in [-0.3, -0.25) is 0 Å². The van der Waals surface area contributed by atoms with Gasteiger partial charge >= 0.3 is 0 Å². The molecule has 0 aliphatic heterocycles. The summed E-state index contributed by atoms with van der Waals surface area (Å²) in [5.41, 5.74) is 0.0310. The summed E-state index contributed by atoms with van der Waals surface area (Å²) in [4.78, 5) is 0. The molecule has 0 saturated heterocycles. The molecule has 2 fully saturated rings. The number of hydrogen-bond acceptors (Lipinski definition) is 3. The largest absolute Gasteiger partial charge is 0.394 e. The fourth-order valence-corrected chi connectivity index (χ4v) is 4.50. The summed E-state index contributed by atoms with van der Waals surface area (Å²) >= 11 is 2.11. The molecule has 2 N–H and O–H groups in total. The summed E-state index contributed by atoms with van der Waals surface area (Å²) in [5.74, 6) is 1.84. The van der Waals surface area contributed by atoms with Crippen LogP contribution in [-0.4, -0.2) is 34.8 Å². The van der Waals surface area contributed by atoms with E-state index in [0.29, 0.717) is 6.61 Å². The van der Waals surface area contributed by atoms with Gasteiger partial charge in [-0.15, -0.1) is 0 Å². The molecule has 2 aliphatic carbocycles. The van der Waals surface area contributed by atoms with Gasteiger partial charge in [0.25, 0.3) is 0 Å². The average molecular weight is 257 g/mol. The van der Waals surface area contributed by atoms with E-state index in [2.05, 4.69) is 24.0 Å². The number of hydrogen-bond donors (Lipinski definition) is 2. The first-order chi connectivity index (χ1) is 8.30. The predicted octanol–water partition coefficient (Wildman–Crippen LogP) is 2.80. The van der Waals surface area contributed by atoms with E-state index in [1.54, 1.807) is 0 Å². The molecular weight excluding hydrogens is 230 g/mol. The second-order valence-electron chi connectivity index (χ2n) is 5.73. The van der Waals surface area contributed by atoms with Crippen LogP contribution in [0.5, 0.6) is 0 Å². The third-order valence-electron chi connectivity index (χ3n) is 4.25. The Morgan fingerprint density at radius 2 is 1.94 bits per heavy atom. The van der Waals surface area contributed by atoms with Crippen LogP contribution in [-0.2, 0) is 0 Å². The quantitative estimate of drug-likeness (QED) is 0.701. The summed E-state index contributed by atoms with van der Waals surface area (Å²) in [6.45, 7) is 3.56. The highest BCUT2D eigenvalue weighted by Gasteiger charge is 2.44. The Labute approximate surface area is 110 Å². The molecular formula is C14H27NOS. The lowest BCUT2D eigenvalue weighted by Crippen LogP contribution is -2.53. The monoisotopic (exact) mass is 257 g/mol. The Hall–Kier alpha value is 0.270. The average Bonchev–Trinajstić information content (AvgIpc) is 3.08. The zero-order chi connectivity index (χ0) is 12.1. The van der Waals surface area contributed by atoms with Crippen molar-refractivity contribution in [3.8, 4) is 0 Å². The van der Waals surface area contributed by atoms with Crippen molar-refractivity contribution in [2.45, 2.75) is 62.7 Å². The Bertz CT molecular complexity index is 226. The Morgan fingerprint density at radius 1 is 1.24 bits per heavy atom. The molecule has 1 unspecified atom stereocenters. The van der Waals surface area contributed by atoms with Gasteiger partial charge in [0.05, 0.1) is 12.1 Å². The van der Waals surface area contributed by atoms with Gasteiger partial charge in [0.15, 0.2) is 0 Å². The Kier molecular flexibility index (Phi) is 5.19. The van der Waals surface area contributed by atoms with Gasteiger partial charge in [-0.2, -0.15) is 11.8 Å². The molecule has 3 heteroatoms. The van der Waals surface area contributed by atoms with Crippen molar-refractivity contribution in [2.24, 2.45) is 5.92 Å². The van der Waals surface area contributed by atoms with Gasteiger partial charge in [-0.25, -0.2) is 0 Å². The number of rotatable bonds is 8. The van der Waals surface area contributed by atoms with Crippen molar-refractivity contribution >= 4 is 11.8 Å². The second-order valence-corrected chi connectivity index (χ2v) is 7.02. The highest BCUT2D eigenvalue weighted by molar-refractivity contribution is 8.00. The summed E-state index contributed by atoms with van der Waals surface area (Å²) in [7, 11) is 0. The minimum Gasteiger partial charge on any atom is -0.394 e. The Balaban J connectivity index is 1.84. The molecule has 2 rings (SSSR count). The topological polar surface area (TPSA) is 32.3 Å². The predicted molar refractivity (Wildman–Crippen MR) is 75.5 cm³/mol. The molecule has 0 aromatic heterocycles. The van der Waals surface area contributed by atoms with E-state index >= 15 is 0 Å². The molecule has 0 heterocycles. The first-order valence-corrected chi connectivity index (χ1v) is 8.33. The SMILES string of the molecule is CCCNC(CO)(CSC1CCCC1)C1CC1. The standard InChI is InChI=1S/C14H27NOS/c1-2-9-15-14(10-16,12-7-8-12)11-17-13-5-3-4-6-13/h12-13,15-16H,2-11H2,1H3. The number of aliphatic hydroxyl groups excluding tert-OH is 1. The fraction of sp³-hybridized carbons (Fsp3) is 1.00. The van der Waals surface area contributed by atoms with Crippen molar-refractivity contribution in [2.75, 3.05) is 18.9 Å². The maximum Gasteiger partial charge on any atom is 0.0624 e. The Morgan fingerprint density at radius 3 is 2.47 bits per heavy atom. The maximum atomic E-state index is 9.81. The van der Waals surface area contributed by atoms with E-state index in [9.17, 15) is 5.11 Å². The molecule has 0 amide bonds. The van der Waals surface area contributed by atoms with Gasteiger partial charge in [0, 0.05) is 11.0 Å². The number of nitrogens with one attached hydrogen (secondary N) is 1. The summed E-state index contributed by atoms with van der Waals surface area (Å²) in [5, 5.41) is 14.3. The van der Waals surface area contributed by atoms with E-state index in [1.165, 1.54) is 38.5 Å². The van der Waals surface area contributed by atoms with E-state index < -0.39 is 0 Å². The van der Waals surface area contributed by atoms with Crippen LogP contribution in [0.25, 0.3) is 0 Å². The van der Waals surface area contributed by atoms with Crippen molar-refractivity contribution < 1.29 is 5.11 Å². The van der Waals surface area contributed by atoms with Crippen molar-refractivity contribution in [3.05, 3.63) is 0 Å². The smallest absolute Gasteiger partial charge is 0.0624 e. The summed E-state index contributed by atoms with van der Waals surface area (Å²) in [6.07, 6.45) is 9.38. The van der Waals surface area contributed by atoms with Crippen LogP contribution in [0.2, 0.25) is 0 Å². The lowest BCUT2D eigenvalue weighted by molar-refractivity contribution is 0.159. The highest BCUT2D eigenvalue weighted by Crippen LogP contribution is 2.43. The molecule has 0 radical (unpaired) electrons. The zero-order valence-electron chi connectivity index (χ0n) is 11.1. The molecule has 0 aromatic carbocycles. The van der Waals surface area contributed by atoms with E-state index in [-0.39, 0.29) is 5.54 Å². The maximum absolute atomic E-state index is 9.81. The van der Waals surface area contributed by atoms with Crippen LogP contribution in [0.1, 0.15) is 51.9 Å². The van der Waals surface area contributed by atoms with Gasteiger partial charge in [0.2, 0.25) is 0 Å². The number of thioether (sulfide) groups is 1. The molecule has 100 valence electrons. The van der Waals surface area contributed by atoms with Crippen molar-refractivity contribution in [1.82, 2.24) is 5.32 Å². The van der Waals surface area contributed by atoms with Gasteiger partial charge in [0.1, 0.15) is 0 Å². The third-order valence-corrected chi connectivity index (χ3v) is 5.87. The highest BCUT2D eigenvalue weighted by atomic mass is 32.2. The summed E-state index contributed by atoms with van der Waals surface area (Å²) < 4.78 is 0. The van der Waals surface area contributed by atoms with Crippen LogP contribution in [0.4, 0.5) is 0 Å². The van der Waals surface area contributed by atoms with E-state index in [4.69, 9.17) is 0 Å². The summed E-state index contributed by atoms with van der Waals surface area (Å²) in [6, 6.07) is 0. The van der Waals surface area contributed by atoms with E-state index in [1.807, 2.05) is 0 Å². The first-order valence-electron chi connectivity index (χ1n) is 7.28. The van der Waals surface area contributed by atoms with Crippen LogP contribution < -0.4 is 5.32 Å². The lowest BCUT2D eigenvalue weighted by atomic mass is 9.96. The molecule has 1 atom stereocenters. The molecule has 17 heavy (non-hydrogen) atoms. The molecule has 0 aromatic rings. The minimum atomic E-state index is 0.0310. The first kappa shape index (κ1) is 13.7. The van der Waals surface area contributed by atoms with Crippen molar-refractivity contribution in [1.29, 1.82) is 0 Å². The van der Waals surface area contributed by atoms with Gasteiger partial charge in [-0.1, -0.05) is 19.8 Å². The third kappa shape index (κ3) is 3.62. The van der Waals surface area contributed by atoms with Gasteiger partial charge < -0.3 is 10.4 Å².